The highest BCUT2D eigenvalue weighted by Crippen LogP contribution is 1.88. The van der Waals surface area contributed by atoms with E-state index in [4.69, 9.17) is 0 Å². The smallest absolute Gasteiger partial charge is 0.128 e. The average molecular weight is 143 g/mol. The third kappa shape index (κ3) is 4.48. The zero-order valence-corrected chi connectivity index (χ0v) is 7.43. The van der Waals surface area contributed by atoms with Gasteiger partial charge in [0.1, 0.15) is 6.54 Å². The van der Waals surface area contributed by atoms with Crippen molar-refractivity contribution in [3.05, 3.63) is 0 Å². The molecule has 0 rings (SSSR count). The Morgan fingerprint density at radius 2 is 1.70 bits per heavy atom. The molecule has 0 radical (unpaired) electrons. The first-order valence-electron chi connectivity index (χ1n) is 4.27. The first-order chi connectivity index (χ1) is 4.85. The standard InChI is InChI=1S/C8H19N2/c1-4-7-8-9-10(5-2)6-3/h4-8H2,1-3H3/q+1. The van der Waals surface area contributed by atoms with Crippen molar-refractivity contribution in [3.8, 4) is 0 Å². The van der Waals surface area contributed by atoms with Crippen LogP contribution in [0.2, 0.25) is 0 Å². The van der Waals surface area contributed by atoms with Gasteiger partial charge in [0, 0.05) is 0 Å². The Balaban J connectivity index is 3.43. The van der Waals surface area contributed by atoms with Gasteiger partial charge in [0.15, 0.2) is 13.1 Å². The fourth-order valence-electron chi connectivity index (χ4n) is 0.794. The van der Waals surface area contributed by atoms with Gasteiger partial charge in [-0.2, -0.15) is 0 Å². The summed E-state index contributed by atoms with van der Waals surface area (Å²) in [6, 6.07) is 0. The molecule has 10 heavy (non-hydrogen) atoms. The molecule has 0 amide bonds. The topological polar surface area (TPSA) is 15.4 Å². The van der Waals surface area contributed by atoms with E-state index in [0.29, 0.717) is 0 Å². The molecule has 0 fully saturated rings. The van der Waals surface area contributed by atoms with Crippen LogP contribution in [0, 0.1) is 0 Å². The van der Waals surface area contributed by atoms with Gasteiger partial charge in [0.05, 0.1) is 0 Å². The summed E-state index contributed by atoms with van der Waals surface area (Å²) in [7, 11) is 0. The normalized spacial score (nSPS) is 9.50. The molecule has 0 aromatic carbocycles. The zero-order valence-electron chi connectivity index (χ0n) is 7.43. The Bertz CT molecular complexity index is 91.4. The summed E-state index contributed by atoms with van der Waals surface area (Å²) in [5, 5.41) is 4.38. The van der Waals surface area contributed by atoms with Crippen molar-refractivity contribution >= 4 is 0 Å². The number of unbranched alkanes of at least 4 members (excludes halogenated alkanes) is 1. The lowest BCUT2D eigenvalue weighted by Crippen LogP contribution is -2.08. The van der Waals surface area contributed by atoms with Gasteiger partial charge in [0.25, 0.3) is 0 Å². The molecule has 0 aliphatic rings. The van der Waals surface area contributed by atoms with Crippen molar-refractivity contribution in [1.29, 1.82) is 0 Å². The quantitative estimate of drug-likeness (QED) is 0.319. The van der Waals surface area contributed by atoms with Crippen LogP contribution >= 0.6 is 0 Å². The predicted molar refractivity (Wildman–Crippen MR) is 43.5 cm³/mol. The van der Waals surface area contributed by atoms with Crippen molar-refractivity contribution < 1.29 is 4.70 Å². The van der Waals surface area contributed by atoms with Crippen LogP contribution in [0.4, 0.5) is 0 Å². The van der Waals surface area contributed by atoms with Crippen LogP contribution in [0.1, 0.15) is 33.6 Å². The Labute approximate surface area is 64.0 Å². The molecule has 2 heteroatoms. The fraction of sp³-hybridized carbons (Fsp3) is 1.00. The summed E-state index contributed by atoms with van der Waals surface area (Å²) in [4.78, 5) is 0. The zero-order chi connectivity index (χ0) is 7.82. The summed E-state index contributed by atoms with van der Waals surface area (Å²) in [6.45, 7) is 9.55. The van der Waals surface area contributed by atoms with Crippen LogP contribution in [0.5, 0.6) is 0 Å². The largest absolute Gasteiger partial charge is 0.165 e. The molecule has 0 N–H and O–H groups in total. The molecule has 0 aliphatic heterocycles. The molecule has 0 aromatic rings. The van der Waals surface area contributed by atoms with E-state index in [1.165, 1.54) is 12.8 Å². The van der Waals surface area contributed by atoms with E-state index < -0.39 is 0 Å². The molecular weight excluding hydrogens is 124 g/mol. The van der Waals surface area contributed by atoms with Gasteiger partial charge in [-0.3, -0.25) is 0 Å². The number of nitrogens with zero attached hydrogens (tertiary/aromatic N) is 2. The lowest BCUT2D eigenvalue weighted by Gasteiger charge is -1.92. The van der Waals surface area contributed by atoms with Gasteiger partial charge in [-0.1, -0.05) is 13.3 Å². The molecule has 0 saturated heterocycles. The number of rotatable bonds is 5. The lowest BCUT2D eigenvalue weighted by molar-refractivity contribution is -0.588. The molecule has 60 valence electrons. The Hall–Kier alpha value is -0.400. The molecule has 0 spiro atoms. The SMILES string of the molecule is CCCCN=[N+](CC)CC. The third-order valence-corrected chi connectivity index (χ3v) is 1.54. The Morgan fingerprint density at radius 3 is 2.10 bits per heavy atom. The average Bonchev–Trinajstić information content (AvgIpc) is 1.99. The monoisotopic (exact) mass is 143 g/mol. The van der Waals surface area contributed by atoms with Crippen LogP contribution < -0.4 is 0 Å². The van der Waals surface area contributed by atoms with Gasteiger partial charge in [-0.25, -0.2) is 0 Å². The van der Waals surface area contributed by atoms with E-state index in [9.17, 15) is 0 Å². The van der Waals surface area contributed by atoms with E-state index in [0.717, 1.165) is 19.6 Å². The fourth-order valence-corrected chi connectivity index (χ4v) is 0.794. The van der Waals surface area contributed by atoms with Crippen molar-refractivity contribution in [3.63, 3.8) is 0 Å². The third-order valence-electron chi connectivity index (χ3n) is 1.54. The van der Waals surface area contributed by atoms with Crippen molar-refractivity contribution in [1.82, 2.24) is 0 Å². The van der Waals surface area contributed by atoms with Gasteiger partial charge in [-0.15, -0.1) is 4.70 Å². The van der Waals surface area contributed by atoms with E-state index in [2.05, 4.69) is 30.6 Å². The van der Waals surface area contributed by atoms with Crippen LogP contribution in [-0.2, 0) is 0 Å². The van der Waals surface area contributed by atoms with E-state index in [-0.39, 0.29) is 0 Å². The van der Waals surface area contributed by atoms with Crippen molar-refractivity contribution in [2.24, 2.45) is 5.11 Å². The summed E-state index contributed by atoms with van der Waals surface area (Å²) in [5.41, 5.74) is 0. The van der Waals surface area contributed by atoms with Crippen LogP contribution in [0.15, 0.2) is 5.11 Å². The Kier molecular flexibility index (Phi) is 6.45. The minimum Gasteiger partial charge on any atom is -0.128 e. The molecule has 0 atom stereocenters. The predicted octanol–water partition coefficient (Wildman–Crippen LogP) is 2.29. The van der Waals surface area contributed by atoms with Gasteiger partial charge in [-0.05, 0) is 25.4 Å². The first kappa shape index (κ1) is 9.60. The maximum atomic E-state index is 4.38. The number of azo groups is 2. The van der Waals surface area contributed by atoms with Crippen molar-refractivity contribution in [2.75, 3.05) is 19.6 Å². The Morgan fingerprint density at radius 1 is 1.10 bits per heavy atom. The highest BCUT2D eigenvalue weighted by atomic mass is 15.3. The van der Waals surface area contributed by atoms with Crippen LogP contribution in [0.25, 0.3) is 0 Å². The molecule has 0 bridgehead atoms. The summed E-state index contributed by atoms with van der Waals surface area (Å²) >= 11 is 0. The molecule has 2 nitrogen and oxygen atoms in total. The second kappa shape index (κ2) is 6.72. The molecular formula is C8H19N2+. The minimum absolute atomic E-state index is 0.998. The number of hydrogen-bond acceptors (Lipinski definition) is 1. The van der Waals surface area contributed by atoms with Crippen molar-refractivity contribution in [2.45, 2.75) is 33.6 Å². The molecule has 0 aromatic heterocycles. The van der Waals surface area contributed by atoms with E-state index in [1.807, 2.05) is 0 Å². The van der Waals surface area contributed by atoms with Gasteiger partial charge >= 0.3 is 0 Å². The lowest BCUT2D eigenvalue weighted by atomic mass is 10.3. The maximum absolute atomic E-state index is 4.38. The van der Waals surface area contributed by atoms with E-state index in [1.54, 1.807) is 0 Å². The minimum atomic E-state index is 0.998. The number of hydrogen-bond donors (Lipinski definition) is 0. The highest BCUT2D eigenvalue weighted by Gasteiger charge is 1.94. The van der Waals surface area contributed by atoms with Crippen LogP contribution in [0.3, 0.4) is 0 Å². The van der Waals surface area contributed by atoms with E-state index >= 15 is 0 Å². The summed E-state index contributed by atoms with van der Waals surface area (Å²) < 4.78 is 2.11. The molecule has 0 heterocycles. The molecule has 0 aliphatic carbocycles. The van der Waals surface area contributed by atoms with Gasteiger partial charge < -0.3 is 0 Å². The summed E-state index contributed by atoms with van der Waals surface area (Å²) in [6.07, 6.45) is 2.46. The molecule has 0 saturated carbocycles. The second-order valence-corrected chi connectivity index (χ2v) is 2.36. The van der Waals surface area contributed by atoms with Gasteiger partial charge in [0.2, 0.25) is 0 Å². The molecule has 0 unspecified atom stereocenters. The summed E-state index contributed by atoms with van der Waals surface area (Å²) in [5.74, 6) is 0. The first-order valence-corrected chi connectivity index (χ1v) is 4.27. The maximum Gasteiger partial charge on any atom is 0.165 e. The second-order valence-electron chi connectivity index (χ2n) is 2.36. The van der Waals surface area contributed by atoms with Crippen LogP contribution in [-0.4, -0.2) is 24.3 Å². The highest BCUT2D eigenvalue weighted by molar-refractivity contribution is 4.33.